The first kappa shape index (κ1) is 57.0. The van der Waals surface area contributed by atoms with Crippen molar-refractivity contribution in [3.63, 3.8) is 0 Å². The second kappa shape index (κ2) is 31.8. The quantitative estimate of drug-likeness (QED) is 0.0145. The Balaban J connectivity index is 1.86. The van der Waals surface area contributed by atoms with E-state index in [2.05, 4.69) is 30.1 Å². The van der Waals surface area contributed by atoms with Crippen LogP contribution in [0.5, 0.6) is 0 Å². The minimum Gasteiger partial charge on any atom is -0.462 e. The first-order valence-electron chi connectivity index (χ1n) is 22.7. The summed E-state index contributed by atoms with van der Waals surface area (Å²) >= 11 is 0. The molecule has 1 aromatic heterocycles. The van der Waals surface area contributed by atoms with Crippen LogP contribution < -0.4 is 11.4 Å². The molecule has 1 aliphatic rings. The number of aliphatic hydroxyl groups is 2. The number of aromatic nitrogens is 2. The van der Waals surface area contributed by atoms with Gasteiger partial charge in [-0.25, -0.2) is 13.9 Å². The first-order valence-corrected chi connectivity index (χ1v) is 25.7. The number of nitrogens with zero attached hydrogens (tertiary/aromatic N) is 2. The Labute approximate surface area is 377 Å². The fourth-order valence-electron chi connectivity index (χ4n) is 6.56. The van der Waals surface area contributed by atoms with Crippen molar-refractivity contribution in [1.82, 2.24) is 9.55 Å². The zero-order valence-corrected chi connectivity index (χ0v) is 39.5. The topological polar surface area (TPSA) is 283 Å². The summed E-state index contributed by atoms with van der Waals surface area (Å²) in [6.45, 7) is 4.17. The van der Waals surface area contributed by atoms with E-state index < -0.39 is 83.7 Å². The van der Waals surface area contributed by atoms with Gasteiger partial charge in [-0.1, -0.05) is 116 Å². The summed E-state index contributed by atoms with van der Waals surface area (Å²) in [5, 5.41) is 20.8. The molecule has 19 nitrogen and oxygen atoms in total. The van der Waals surface area contributed by atoms with E-state index in [9.17, 15) is 48.3 Å². The largest absolute Gasteiger partial charge is 0.481 e. The molecule has 1 fully saturated rings. The normalized spacial score (nSPS) is 20.5. The molecule has 1 aromatic rings. The van der Waals surface area contributed by atoms with Crippen molar-refractivity contribution in [3.05, 3.63) is 47.1 Å². The highest BCUT2D eigenvalue weighted by atomic mass is 31.3. The number of aliphatic hydroxyl groups excluding tert-OH is 2. The van der Waals surface area contributed by atoms with E-state index in [4.69, 9.17) is 29.0 Å². The van der Waals surface area contributed by atoms with Gasteiger partial charge in [0.05, 0.1) is 13.2 Å². The Morgan fingerprint density at radius 2 is 1.47 bits per heavy atom. The van der Waals surface area contributed by atoms with Crippen molar-refractivity contribution < 1.29 is 71.1 Å². The third kappa shape index (κ3) is 25.0. The summed E-state index contributed by atoms with van der Waals surface area (Å²) in [5.74, 6) is -0.525. The average Bonchev–Trinajstić information content (AvgIpc) is 3.52. The molecule has 2 heterocycles. The number of phosphoric ester groups is 2. The van der Waals surface area contributed by atoms with Crippen LogP contribution in [0.15, 0.2) is 41.4 Å². The SMILES string of the molecule is CCCCCC(=O)/C=C/C=C\CCCCCCCC(=O)O[C@H](COC(=O)CCCCCCCCC(C)CC)COP(=O)(O)OP(=O)(O)OC[C@H]1O[C@@H](n2ccc(N)nc2=O)[C@H](O)[C@@H]1O. The molecular weight excluding hydrogens is 876 g/mol. The van der Waals surface area contributed by atoms with Crippen LogP contribution >= 0.6 is 15.6 Å². The van der Waals surface area contributed by atoms with E-state index in [0.29, 0.717) is 25.2 Å². The summed E-state index contributed by atoms with van der Waals surface area (Å²) in [6.07, 6.45) is 17.2. The minimum absolute atomic E-state index is 0.000126. The summed E-state index contributed by atoms with van der Waals surface area (Å²) in [5.41, 5.74) is 4.56. The van der Waals surface area contributed by atoms with Gasteiger partial charge in [-0.15, -0.1) is 0 Å². The summed E-state index contributed by atoms with van der Waals surface area (Å²) < 4.78 is 56.5. The van der Waals surface area contributed by atoms with Crippen LogP contribution in [0.25, 0.3) is 0 Å². The number of unbranched alkanes of at least 4 members (excludes halogenated alkanes) is 12. The van der Waals surface area contributed by atoms with E-state index in [1.807, 2.05) is 12.2 Å². The standard InChI is InChI=1S/C43H73N3O16P2/c1-4-6-18-24-34(47)25-20-15-10-8-7-9-11-17-22-27-39(49)60-35(30-57-38(48)26-21-16-13-12-14-19-23-33(3)5-2)31-58-63(53,54)62-64(55,56)59-32-36-40(50)41(51)42(61-36)46-29-28-37(44)45-43(46)52/h10,15,20,25,28-29,33,35-36,40-42,50-51H,4-9,11-14,16-19,21-24,26-27,30-32H2,1-3H3,(H,53,54)(H,55,56)(H2,44,45,52)/b15-10-,25-20+/t33?,35-,36-,40-,41-,42-/m1/s1. The molecule has 0 aliphatic carbocycles. The Morgan fingerprint density at radius 1 is 0.844 bits per heavy atom. The lowest BCUT2D eigenvalue weighted by atomic mass is 10.00. The van der Waals surface area contributed by atoms with Gasteiger partial charge >= 0.3 is 33.3 Å². The second-order valence-electron chi connectivity index (χ2n) is 16.2. The number of hydrogen-bond donors (Lipinski definition) is 5. The fraction of sp³-hybridized carbons (Fsp3) is 0.744. The smallest absolute Gasteiger partial charge is 0.462 e. The number of nitrogen functional groups attached to an aromatic ring is 1. The van der Waals surface area contributed by atoms with Gasteiger partial charge in [-0.3, -0.25) is 28.0 Å². The van der Waals surface area contributed by atoms with Crippen molar-refractivity contribution >= 4 is 39.2 Å². The molecule has 2 rings (SSSR count). The van der Waals surface area contributed by atoms with Crippen molar-refractivity contribution in [2.24, 2.45) is 5.92 Å². The van der Waals surface area contributed by atoms with Crippen LogP contribution in [-0.2, 0) is 51.1 Å². The zero-order chi connectivity index (χ0) is 47.4. The molecule has 3 unspecified atom stereocenters. The molecule has 0 amide bonds. The number of carbonyl (C=O) groups is 3. The maximum Gasteiger partial charge on any atom is 0.481 e. The number of anilines is 1. The Bertz CT molecular complexity index is 1740. The van der Waals surface area contributed by atoms with Gasteiger partial charge in [0.25, 0.3) is 0 Å². The predicted octanol–water partition coefficient (Wildman–Crippen LogP) is 7.31. The maximum absolute atomic E-state index is 12.8. The monoisotopic (exact) mass is 949 g/mol. The summed E-state index contributed by atoms with van der Waals surface area (Å²) in [4.78, 5) is 73.4. The van der Waals surface area contributed by atoms with Crippen molar-refractivity contribution in [1.29, 1.82) is 0 Å². The molecular formula is C43H73N3O16P2. The van der Waals surface area contributed by atoms with Crippen molar-refractivity contribution in [2.75, 3.05) is 25.6 Å². The molecule has 1 saturated heterocycles. The summed E-state index contributed by atoms with van der Waals surface area (Å²) in [6, 6.07) is 1.24. The molecule has 0 aromatic carbocycles. The number of ketones is 1. The minimum atomic E-state index is -5.43. The van der Waals surface area contributed by atoms with Gasteiger partial charge in [0.1, 0.15) is 30.7 Å². The molecule has 64 heavy (non-hydrogen) atoms. The molecule has 0 bridgehead atoms. The average molecular weight is 950 g/mol. The number of nitrogens with two attached hydrogens (primary N) is 1. The highest BCUT2D eigenvalue weighted by Crippen LogP contribution is 2.60. The number of phosphoric acid groups is 2. The highest BCUT2D eigenvalue weighted by molar-refractivity contribution is 7.61. The third-order valence-electron chi connectivity index (χ3n) is 10.6. The van der Waals surface area contributed by atoms with E-state index in [0.717, 1.165) is 87.8 Å². The van der Waals surface area contributed by atoms with Crippen LogP contribution in [0.4, 0.5) is 5.82 Å². The fourth-order valence-corrected chi connectivity index (χ4v) is 8.67. The molecule has 21 heteroatoms. The van der Waals surface area contributed by atoms with E-state index in [-0.39, 0.29) is 24.4 Å². The van der Waals surface area contributed by atoms with Crippen molar-refractivity contribution in [2.45, 2.75) is 180 Å². The Morgan fingerprint density at radius 3 is 2.14 bits per heavy atom. The van der Waals surface area contributed by atoms with E-state index in [1.165, 1.54) is 25.3 Å². The highest BCUT2D eigenvalue weighted by Gasteiger charge is 2.46. The van der Waals surface area contributed by atoms with Crippen LogP contribution in [0.3, 0.4) is 0 Å². The zero-order valence-electron chi connectivity index (χ0n) is 37.7. The van der Waals surface area contributed by atoms with Crippen molar-refractivity contribution in [3.8, 4) is 0 Å². The second-order valence-corrected chi connectivity index (χ2v) is 19.2. The van der Waals surface area contributed by atoms with E-state index >= 15 is 0 Å². The number of allylic oxidation sites excluding steroid dienone is 4. The molecule has 8 atom stereocenters. The van der Waals surface area contributed by atoms with Gasteiger partial charge < -0.3 is 39.9 Å². The maximum atomic E-state index is 12.8. The summed E-state index contributed by atoms with van der Waals surface area (Å²) in [7, 11) is -10.9. The lowest BCUT2D eigenvalue weighted by Crippen LogP contribution is -2.36. The lowest BCUT2D eigenvalue weighted by molar-refractivity contribution is -0.161. The number of ether oxygens (including phenoxy) is 3. The number of rotatable bonds is 36. The van der Waals surface area contributed by atoms with Crippen LogP contribution in [0, 0.1) is 5.92 Å². The molecule has 0 spiro atoms. The third-order valence-corrected chi connectivity index (χ3v) is 13.2. The molecule has 6 N–H and O–H groups in total. The lowest BCUT2D eigenvalue weighted by Gasteiger charge is -2.21. The van der Waals surface area contributed by atoms with Gasteiger partial charge in [0.2, 0.25) is 0 Å². The first-order chi connectivity index (χ1) is 30.5. The molecule has 0 saturated carbocycles. The predicted molar refractivity (Wildman–Crippen MR) is 238 cm³/mol. The van der Waals surface area contributed by atoms with Crippen LogP contribution in [0.2, 0.25) is 0 Å². The number of esters is 2. The Hall–Kier alpha value is -3.09. The number of carbonyl (C=O) groups excluding carboxylic acids is 3. The van der Waals surface area contributed by atoms with Gasteiger partial charge in [-0.2, -0.15) is 9.29 Å². The van der Waals surface area contributed by atoms with Gasteiger partial charge in [0.15, 0.2) is 18.1 Å². The van der Waals surface area contributed by atoms with Crippen LogP contribution in [0.1, 0.15) is 155 Å². The molecule has 366 valence electrons. The van der Waals surface area contributed by atoms with Gasteiger partial charge in [0, 0.05) is 25.5 Å². The van der Waals surface area contributed by atoms with E-state index in [1.54, 1.807) is 12.2 Å². The Kier molecular flexibility index (Phi) is 28.3. The number of hydrogen-bond acceptors (Lipinski definition) is 16. The molecule has 1 aliphatic heterocycles. The van der Waals surface area contributed by atoms with Gasteiger partial charge in [-0.05, 0) is 50.2 Å². The van der Waals surface area contributed by atoms with Crippen LogP contribution in [-0.4, -0.2) is 91.5 Å². The molecule has 0 radical (unpaired) electrons.